The van der Waals surface area contributed by atoms with Crippen LogP contribution in [-0.4, -0.2) is 202 Å². The summed E-state index contributed by atoms with van der Waals surface area (Å²) < 4.78 is 34.1. The van der Waals surface area contributed by atoms with Crippen molar-refractivity contribution in [3.63, 3.8) is 0 Å². The molecule has 32 nitrogen and oxygen atoms in total. The van der Waals surface area contributed by atoms with Gasteiger partial charge in [-0.25, -0.2) is 19.2 Å². The Kier molecular flexibility index (Phi) is 48.5. The molecule has 0 unspecified atom stereocenters. The molecule has 118 heavy (non-hydrogen) atoms. The van der Waals surface area contributed by atoms with Gasteiger partial charge in [0.2, 0.25) is 0 Å². The number of carbonyl (C=O) groups is 12. The third kappa shape index (κ3) is 39.1. The number of hydrazine groups is 1. The van der Waals surface area contributed by atoms with Crippen LogP contribution < -0.4 is 56.7 Å². The molecule has 0 saturated carbocycles. The van der Waals surface area contributed by atoms with Crippen LogP contribution in [0.5, 0.6) is 0 Å². The Balaban J connectivity index is 0.000000796. The molecule has 3 heterocycles. The van der Waals surface area contributed by atoms with Crippen molar-refractivity contribution in [3.05, 3.63) is 46.8 Å². The molecule has 0 fully saturated rings. The topological polar surface area (TPSA) is 457 Å². The monoisotopic (exact) mass is 1880 g/mol. The fraction of sp³-hybridized carbons (Fsp3) is 0.738. The van der Waals surface area contributed by atoms with Crippen LogP contribution >= 0.6 is 0 Å². The number of nitrogens with two attached hydrogens (primary N) is 3. The first-order valence-corrected chi connectivity index (χ1v) is 57.8. The van der Waals surface area contributed by atoms with E-state index in [0.29, 0.717) is 55.6 Å². The fourth-order valence-electron chi connectivity index (χ4n) is 14.0. The van der Waals surface area contributed by atoms with Gasteiger partial charge in [0.1, 0.15) is 22.4 Å². The van der Waals surface area contributed by atoms with Gasteiger partial charge in [-0.05, 0) is 110 Å². The Bertz CT molecular complexity index is 3590. The van der Waals surface area contributed by atoms with Crippen LogP contribution in [0, 0.1) is 0 Å². The second-order valence-corrected chi connectivity index (χ2v) is 60.8. The minimum absolute atomic E-state index is 0.0193. The minimum Gasteiger partial charge on any atom is -0.274 e. The quantitative estimate of drug-likeness (QED) is 0.00482. The standard InChI is InChI=1S/C34H46N7O9.C26H44N7O7.6C4H9.H4N2.2Sn/c1-21(42)25(15-16-28(44)49-33(2,3)4)37-32(48)38-26(31(47)50-34(5,6)7)14-10-11-17-35-27(43)20-41-22(18-36-39-41)19-40-29(45)23-12-8-9-13-24(23)30(40)46;1-17(34)19(11-12-22(36)39-25(2,3)4)30-24(38)31-20(23(37)40-26(5,6)7)10-8-9-13-28-21(35)16-33-18(14-27)15-29-32-33;6*1-3-4-2;1-2;;/h8-9,12-13,25-26H,10-11,14-17,19-20H2,1-7H3,(H,35,43)(H2,37,38,48);19-20H,8-14,16,27H2,1-7H3,(H,28,35)(H2,30,31,38);6*1,3-4H2,2H3;1-2H2;;/t25-,26-;19-,20-;;;;;;;;;/m00........./s1. The molecule has 1 aliphatic heterocycles. The van der Waals surface area contributed by atoms with Crippen LogP contribution in [-0.2, 0) is 83.5 Å². The number of fused-ring (bicyclic) bond motifs is 1. The number of ether oxygens (including phenoxy) is 4. The van der Waals surface area contributed by atoms with Gasteiger partial charge in [-0.2, -0.15) is 0 Å². The van der Waals surface area contributed by atoms with Crippen molar-refractivity contribution in [1.82, 2.24) is 66.8 Å². The van der Waals surface area contributed by atoms with E-state index in [2.05, 4.69) is 95.6 Å². The van der Waals surface area contributed by atoms with Crippen LogP contribution in [0.2, 0.25) is 26.6 Å². The summed E-state index contributed by atoms with van der Waals surface area (Å²) in [6.07, 6.45) is 15.6. The number of ketones is 2. The molecule has 34 heteroatoms. The van der Waals surface area contributed by atoms with Crippen molar-refractivity contribution in [2.75, 3.05) is 13.1 Å². The zero-order chi connectivity index (χ0) is 89.2. The number of carbonyl (C=O) groups excluding carboxylic acids is 12. The van der Waals surface area contributed by atoms with Gasteiger partial charge in [0.05, 0.1) is 12.1 Å². The summed E-state index contributed by atoms with van der Waals surface area (Å²) in [5.74, 6) is 3.80. The molecule has 4 atom stereocenters. The summed E-state index contributed by atoms with van der Waals surface area (Å²) in [5, 5.41) is 35.0. The average Bonchev–Trinajstić information content (AvgIpc) is 1.62. The van der Waals surface area contributed by atoms with Crippen molar-refractivity contribution in [3.8, 4) is 0 Å². The van der Waals surface area contributed by atoms with Crippen LogP contribution in [0.25, 0.3) is 0 Å². The Morgan fingerprint density at radius 1 is 0.432 bits per heavy atom. The van der Waals surface area contributed by atoms with Crippen LogP contribution in [0.4, 0.5) is 9.59 Å². The normalized spacial score (nSPS) is 13.4. The maximum atomic E-state index is 13.6. The molecule has 0 aliphatic carbocycles. The van der Waals surface area contributed by atoms with E-state index < -0.39 is 119 Å². The molecular formula is C84H148N16O16Sn2. The van der Waals surface area contributed by atoms with Crippen LogP contribution in [0.1, 0.15) is 312 Å². The molecule has 3 aromatic rings. The van der Waals surface area contributed by atoms with Crippen molar-refractivity contribution in [2.45, 2.75) is 379 Å². The number of nitrogens with one attached hydrogen (secondary N) is 6. The minimum atomic E-state index is -3.31. The largest absolute Gasteiger partial charge is 0.274 e. The van der Waals surface area contributed by atoms with Crippen LogP contribution in [0.3, 0.4) is 0 Å². The zero-order valence-corrected chi connectivity index (χ0v) is 80.8. The number of unbranched alkanes of at least 4 members (excludes halogenated alkanes) is 8. The number of nitrogens with zero attached hydrogens (tertiary/aromatic N) is 7. The number of urea groups is 2. The van der Waals surface area contributed by atoms with Gasteiger partial charge in [-0.15, -0.1) is 0 Å². The fourth-order valence-corrected chi connectivity index (χ4v) is 46.2. The number of imide groups is 1. The van der Waals surface area contributed by atoms with Gasteiger partial charge in [-0.1, -0.05) is 0 Å². The summed E-state index contributed by atoms with van der Waals surface area (Å²) in [6.45, 7) is 37.5. The van der Waals surface area contributed by atoms with Crippen molar-refractivity contribution < 1.29 is 76.5 Å². The van der Waals surface area contributed by atoms with Crippen molar-refractivity contribution >= 4 is 115 Å². The van der Waals surface area contributed by atoms with Gasteiger partial charge in [-0.3, -0.25) is 30.9 Å². The summed E-state index contributed by atoms with van der Waals surface area (Å²) in [6, 6.07) is 1.34. The number of benzene rings is 1. The van der Waals surface area contributed by atoms with Gasteiger partial charge in [0.15, 0.2) is 11.6 Å². The molecule has 1 aromatic carbocycles. The third-order valence-electron chi connectivity index (χ3n) is 19.9. The molecular weight excluding hydrogens is 1730 g/mol. The van der Waals surface area contributed by atoms with Gasteiger partial charge in [0, 0.05) is 12.8 Å². The van der Waals surface area contributed by atoms with E-state index in [4.69, 9.17) is 34.9 Å². The molecule has 2 aromatic heterocycles. The Morgan fingerprint density at radius 2 is 0.737 bits per heavy atom. The number of hydrogen-bond acceptors (Lipinski definition) is 23. The molecule has 0 spiro atoms. The average molecular weight is 1880 g/mol. The summed E-state index contributed by atoms with van der Waals surface area (Å²) in [7, 11) is 0. The first kappa shape index (κ1) is 107. The number of Topliss-reactive ketones (excluding diaryl/α,β-unsaturated/α-hetero) is 2. The van der Waals surface area contributed by atoms with E-state index in [-0.39, 0.29) is 99.9 Å². The molecule has 12 N–H and O–H groups in total. The predicted molar refractivity (Wildman–Crippen MR) is 461 cm³/mol. The Morgan fingerprint density at radius 3 is 1.03 bits per heavy atom. The Labute approximate surface area is 710 Å². The molecule has 0 bridgehead atoms. The molecule has 668 valence electrons. The van der Waals surface area contributed by atoms with E-state index in [9.17, 15) is 57.5 Å². The molecule has 8 amide bonds. The molecule has 0 radical (unpaired) electrons. The molecule has 1 aliphatic rings. The van der Waals surface area contributed by atoms with Gasteiger partial charge >= 0.3 is 467 Å². The maximum absolute atomic E-state index is 13.6. The van der Waals surface area contributed by atoms with Gasteiger partial charge in [0.25, 0.3) is 0 Å². The van der Waals surface area contributed by atoms with Gasteiger partial charge < -0.3 is 29.6 Å². The van der Waals surface area contributed by atoms with Crippen molar-refractivity contribution in [2.24, 2.45) is 17.4 Å². The SMILES string of the molecule is CCC[CH2][Sn]([CH2]CCC)([CH2]CCC)[c]1nnn(CC(=O)NCCCC[C@H](NC(=O)N[C@@H](CCC(=O)OC(C)(C)C)C(C)=O)C(=O)OC(C)(C)C)c1CN.CCC[CH2][Sn]([CH2]CCC)([CH2]CCC)[c]1nnn(CC(=O)NCCCC[C@H](NC(=O)N[C@@H](CCC(=O)OC(C)(C)C)C(C)=O)C(=O)OC(C)(C)C)c1CN1C(=O)c2ccccc2C1=O.NN. The summed E-state index contributed by atoms with van der Waals surface area (Å²) in [5.41, 5.74) is 5.61. The predicted octanol–water partition coefficient (Wildman–Crippen LogP) is 10.5. The smallest absolute Gasteiger partial charge is 0.274 e. The van der Waals surface area contributed by atoms with E-state index in [1.165, 1.54) is 51.3 Å². The number of amides is 8. The summed E-state index contributed by atoms with van der Waals surface area (Å²) in [4.78, 5) is 157. The maximum Gasteiger partial charge on any atom is -0.274 e. The van der Waals surface area contributed by atoms with Crippen LogP contribution in [0.15, 0.2) is 24.3 Å². The third-order valence-corrected chi connectivity index (χ3v) is 50.3. The second-order valence-electron chi connectivity index (χ2n) is 34.9. The first-order valence-electron chi connectivity index (χ1n) is 42.9. The zero-order valence-electron chi connectivity index (χ0n) is 75.1. The number of esters is 4. The number of rotatable bonds is 51. The van der Waals surface area contributed by atoms with E-state index in [1.807, 2.05) is 0 Å². The van der Waals surface area contributed by atoms with Crippen molar-refractivity contribution in [1.29, 1.82) is 0 Å². The van der Waals surface area contributed by atoms with E-state index >= 15 is 0 Å². The first-order chi connectivity index (χ1) is 55.5. The van der Waals surface area contributed by atoms with E-state index in [1.54, 1.807) is 117 Å². The number of aromatic nitrogens is 6. The summed E-state index contributed by atoms with van der Waals surface area (Å²) >= 11 is -6.22. The molecule has 0 saturated heterocycles. The van der Waals surface area contributed by atoms with E-state index in [0.717, 1.165) is 84.2 Å². The number of hydrogen-bond donors (Lipinski definition) is 9. The molecule has 4 rings (SSSR count). The Hall–Kier alpha value is -7.18. The second kappa shape index (κ2) is 53.6.